The summed E-state index contributed by atoms with van der Waals surface area (Å²) in [5, 5.41) is 11.2. The van der Waals surface area contributed by atoms with E-state index in [0.29, 0.717) is 5.02 Å². The monoisotopic (exact) mass is 343 g/mol. The van der Waals surface area contributed by atoms with E-state index in [1.807, 2.05) is 0 Å². The number of pyridine rings is 1. The van der Waals surface area contributed by atoms with Gasteiger partial charge in [-0.05, 0) is 24.3 Å². The Morgan fingerprint density at radius 2 is 2.11 bits per heavy atom. The van der Waals surface area contributed by atoms with E-state index in [0.717, 1.165) is 4.47 Å². The van der Waals surface area contributed by atoms with Crippen molar-refractivity contribution in [2.24, 2.45) is 0 Å². The van der Waals surface area contributed by atoms with E-state index in [2.05, 4.69) is 20.9 Å². The molecular weight excluding hydrogens is 337 g/mol. The Morgan fingerprint density at radius 3 is 2.74 bits per heavy atom. The minimum atomic E-state index is -0.603. The summed E-state index contributed by atoms with van der Waals surface area (Å²) in [6, 6.07) is 7.42. The standard InChI is InChI=1S/C11H7BrClN3O3/c12-6-1-3-9(7(13)5-6)19-11-8(16(17)18)2-4-10(14)15-11/h1-5H,(H2,14,15). The summed E-state index contributed by atoms with van der Waals surface area (Å²) in [4.78, 5) is 14.1. The second kappa shape index (κ2) is 5.41. The average molecular weight is 345 g/mol. The van der Waals surface area contributed by atoms with E-state index < -0.39 is 4.92 Å². The first-order valence-electron chi connectivity index (χ1n) is 5.01. The number of hydrogen-bond donors (Lipinski definition) is 1. The molecule has 0 atom stereocenters. The van der Waals surface area contributed by atoms with Crippen molar-refractivity contribution in [3.63, 3.8) is 0 Å². The summed E-state index contributed by atoms with van der Waals surface area (Å²) in [6.07, 6.45) is 0. The van der Waals surface area contributed by atoms with Gasteiger partial charge in [0.25, 0.3) is 0 Å². The summed E-state index contributed by atoms with van der Waals surface area (Å²) < 4.78 is 6.12. The number of benzene rings is 1. The number of nitro groups is 1. The maximum absolute atomic E-state index is 10.9. The number of nitrogens with two attached hydrogens (primary N) is 1. The number of nitrogens with zero attached hydrogens (tertiary/aromatic N) is 2. The van der Waals surface area contributed by atoms with Crippen LogP contribution in [0.25, 0.3) is 0 Å². The van der Waals surface area contributed by atoms with Crippen molar-refractivity contribution in [2.45, 2.75) is 0 Å². The highest BCUT2D eigenvalue weighted by atomic mass is 79.9. The van der Waals surface area contributed by atoms with Gasteiger partial charge >= 0.3 is 11.6 Å². The molecule has 2 N–H and O–H groups in total. The fraction of sp³-hybridized carbons (Fsp3) is 0. The molecule has 0 aliphatic heterocycles. The van der Waals surface area contributed by atoms with Gasteiger partial charge in [0.2, 0.25) is 0 Å². The fourth-order valence-electron chi connectivity index (χ4n) is 1.32. The summed E-state index contributed by atoms with van der Waals surface area (Å²) in [5.74, 6) is 0.175. The minimum Gasteiger partial charge on any atom is -0.432 e. The van der Waals surface area contributed by atoms with Crippen molar-refractivity contribution in [3.05, 3.63) is 49.9 Å². The smallest absolute Gasteiger partial charge is 0.331 e. The summed E-state index contributed by atoms with van der Waals surface area (Å²) in [7, 11) is 0. The Kier molecular flexibility index (Phi) is 3.87. The van der Waals surface area contributed by atoms with Crippen LogP contribution in [-0.2, 0) is 0 Å². The van der Waals surface area contributed by atoms with Gasteiger partial charge in [0.05, 0.1) is 9.95 Å². The van der Waals surface area contributed by atoms with E-state index in [9.17, 15) is 10.1 Å². The quantitative estimate of drug-likeness (QED) is 0.676. The molecule has 2 aromatic rings. The number of ether oxygens (including phenoxy) is 1. The predicted octanol–water partition coefficient (Wildman–Crippen LogP) is 3.78. The first-order chi connectivity index (χ1) is 8.97. The van der Waals surface area contributed by atoms with Crippen LogP contribution in [0.3, 0.4) is 0 Å². The SMILES string of the molecule is Nc1ccc([N+](=O)[O-])c(Oc2ccc(Br)cc2Cl)n1. The predicted molar refractivity (Wildman–Crippen MR) is 74.5 cm³/mol. The normalized spacial score (nSPS) is 10.2. The van der Waals surface area contributed by atoms with Crippen LogP contribution in [-0.4, -0.2) is 9.91 Å². The van der Waals surface area contributed by atoms with Crippen molar-refractivity contribution < 1.29 is 9.66 Å². The van der Waals surface area contributed by atoms with E-state index in [4.69, 9.17) is 22.1 Å². The number of rotatable bonds is 3. The lowest BCUT2D eigenvalue weighted by atomic mass is 10.3. The highest BCUT2D eigenvalue weighted by molar-refractivity contribution is 9.10. The molecule has 0 aliphatic carbocycles. The molecule has 98 valence electrons. The van der Waals surface area contributed by atoms with Crippen molar-refractivity contribution >= 4 is 39.0 Å². The zero-order chi connectivity index (χ0) is 14.0. The maximum atomic E-state index is 10.9. The van der Waals surface area contributed by atoms with Crippen molar-refractivity contribution in [2.75, 3.05) is 5.73 Å². The Morgan fingerprint density at radius 1 is 1.37 bits per heavy atom. The number of nitrogen functional groups attached to an aromatic ring is 1. The van der Waals surface area contributed by atoms with Gasteiger partial charge in [-0.15, -0.1) is 0 Å². The Balaban J connectivity index is 2.42. The Hall–Kier alpha value is -1.86. The third-order valence-electron chi connectivity index (χ3n) is 2.16. The molecule has 0 fully saturated rings. The number of aromatic nitrogens is 1. The van der Waals surface area contributed by atoms with Crippen LogP contribution in [0.2, 0.25) is 5.02 Å². The van der Waals surface area contributed by atoms with Crippen LogP contribution in [0.5, 0.6) is 11.6 Å². The zero-order valence-corrected chi connectivity index (χ0v) is 11.7. The lowest BCUT2D eigenvalue weighted by Crippen LogP contribution is -1.99. The molecule has 19 heavy (non-hydrogen) atoms. The lowest BCUT2D eigenvalue weighted by molar-refractivity contribution is -0.386. The summed E-state index contributed by atoms with van der Waals surface area (Å²) in [5.41, 5.74) is 5.21. The molecule has 8 heteroatoms. The molecule has 6 nitrogen and oxygen atoms in total. The molecule has 2 rings (SSSR count). The van der Waals surface area contributed by atoms with Crippen LogP contribution in [0.1, 0.15) is 0 Å². The van der Waals surface area contributed by atoms with E-state index in [1.165, 1.54) is 12.1 Å². The van der Waals surface area contributed by atoms with Crippen LogP contribution in [0, 0.1) is 10.1 Å². The van der Waals surface area contributed by atoms with Gasteiger partial charge in [-0.1, -0.05) is 27.5 Å². The molecule has 1 aromatic heterocycles. The highest BCUT2D eigenvalue weighted by Gasteiger charge is 2.18. The number of hydrogen-bond acceptors (Lipinski definition) is 5. The van der Waals surface area contributed by atoms with Crippen LogP contribution in [0.4, 0.5) is 11.5 Å². The molecular formula is C11H7BrClN3O3. The minimum absolute atomic E-state index is 0.119. The molecule has 1 heterocycles. The Labute approximate surface area is 121 Å². The third-order valence-corrected chi connectivity index (χ3v) is 2.95. The van der Waals surface area contributed by atoms with Gasteiger partial charge in [0.15, 0.2) is 0 Å². The third kappa shape index (κ3) is 3.12. The van der Waals surface area contributed by atoms with E-state index in [1.54, 1.807) is 18.2 Å². The summed E-state index contributed by atoms with van der Waals surface area (Å²) >= 11 is 9.21. The molecule has 0 unspecified atom stereocenters. The lowest BCUT2D eigenvalue weighted by Gasteiger charge is -2.07. The van der Waals surface area contributed by atoms with Crippen LogP contribution < -0.4 is 10.5 Å². The highest BCUT2D eigenvalue weighted by Crippen LogP contribution is 2.35. The topological polar surface area (TPSA) is 91.3 Å². The summed E-state index contributed by atoms with van der Waals surface area (Å²) in [6.45, 7) is 0. The molecule has 0 bridgehead atoms. The van der Waals surface area contributed by atoms with E-state index >= 15 is 0 Å². The van der Waals surface area contributed by atoms with Gasteiger partial charge < -0.3 is 10.5 Å². The molecule has 0 saturated heterocycles. The second-order valence-corrected chi connectivity index (χ2v) is 4.82. The first-order valence-corrected chi connectivity index (χ1v) is 6.18. The second-order valence-electron chi connectivity index (χ2n) is 3.49. The van der Waals surface area contributed by atoms with Crippen molar-refractivity contribution in [3.8, 4) is 11.6 Å². The van der Waals surface area contributed by atoms with Crippen molar-refractivity contribution in [1.29, 1.82) is 0 Å². The van der Waals surface area contributed by atoms with Gasteiger partial charge in [0, 0.05) is 10.5 Å². The molecule has 0 amide bonds. The van der Waals surface area contributed by atoms with Crippen LogP contribution in [0.15, 0.2) is 34.8 Å². The van der Waals surface area contributed by atoms with Gasteiger partial charge in [0.1, 0.15) is 11.6 Å². The Bertz CT molecular complexity index is 651. The maximum Gasteiger partial charge on any atom is 0.331 e. The van der Waals surface area contributed by atoms with Gasteiger partial charge in [-0.25, -0.2) is 0 Å². The molecule has 0 saturated carbocycles. The van der Waals surface area contributed by atoms with Gasteiger partial charge in [-0.3, -0.25) is 10.1 Å². The van der Waals surface area contributed by atoms with Crippen LogP contribution >= 0.6 is 27.5 Å². The molecule has 0 aliphatic rings. The molecule has 1 aromatic carbocycles. The molecule has 0 radical (unpaired) electrons. The zero-order valence-electron chi connectivity index (χ0n) is 9.34. The fourth-order valence-corrected chi connectivity index (χ4v) is 2.04. The first kappa shape index (κ1) is 13.6. The number of anilines is 1. The average Bonchev–Trinajstić information content (AvgIpc) is 2.32. The molecule has 0 spiro atoms. The van der Waals surface area contributed by atoms with E-state index in [-0.39, 0.29) is 23.1 Å². The van der Waals surface area contributed by atoms with Gasteiger partial charge in [-0.2, -0.15) is 4.98 Å². The number of halogens is 2. The largest absolute Gasteiger partial charge is 0.432 e. The van der Waals surface area contributed by atoms with Crippen molar-refractivity contribution in [1.82, 2.24) is 4.98 Å².